The minimum Gasteiger partial charge on any atom is -0.457 e. The first-order valence-electron chi connectivity index (χ1n) is 10.6. The van der Waals surface area contributed by atoms with E-state index in [9.17, 15) is 26.8 Å². The van der Waals surface area contributed by atoms with Crippen molar-refractivity contribution in [1.82, 2.24) is 10.4 Å². The maximum atomic E-state index is 12.8. The van der Waals surface area contributed by atoms with Crippen LogP contribution in [0.2, 0.25) is 0 Å². The number of nitrogens with zero attached hydrogens (tertiary/aromatic N) is 1. The van der Waals surface area contributed by atoms with Crippen LogP contribution in [0.15, 0.2) is 53.4 Å². The van der Waals surface area contributed by atoms with Crippen molar-refractivity contribution in [3.63, 3.8) is 0 Å². The first-order valence-corrected chi connectivity index (χ1v) is 12.3. The quantitative estimate of drug-likeness (QED) is 0.480. The average molecular weight is 489 g/mol. The zero-order valence-corrected chi connectivity index (χ0v) is 18.7. The van der Waals surface area contributed by atoms with Crippen LogP contribution in [0.25, 0.3) is 0 Å². The molecule has 0 saturated carbocycles. The summed E-state index contributed by atoms with van der Waals surface area (Å²) in [4.78, 5) is 2.36. The van der Waals surface area contributed by atoms with Crippen LogP contribution >= 0.6 is 0 Å². The van der Waals surface area contributed by atoms with Crippen LogP contribution < -0.4 is 15.0 Å². The van der Waals surface area contributed by atoms with Gasteiger partial charge in [-0.15, -0.1) is 13.2 Å². The van der Waals surface area contributed by atoms with Gasteiger partial charge in [-0.2, -0.15) is 0 Å². The third-order valence-corrected chi connectivity index (χ3v) is 7.15. The Morgan fingerprint density at radius 2 is 1.48 bits per heavy atom. The maximum absolute atomic E-state index is 12.8. The van der Waals surface area contributed by atoms with E-state index in [4.69, 9.17) is 4.74 Å². The summed E-state index contributed by atoms with van der Waals surface area (Å²) >= 11 is 0. The van der Waals surface area contributed by atoms with Crippen LogP contribution in [0.5, 0.6) is 17.2 Å². The van der Waals surface area contributed by atoms with Crippen molar-refractivity contribution < 1.29 is 36.3 Å². The molecule has 2 N–H and O–H groups in total. The smallest absolute Gasteiger partial charge is 0.457 e. The third kappa shape index (κ3) is 8.18. The zero-order valence-electron chi connectivity index (χ0n) is 17.9. The molecular formula is C22H27F3N2O5S. The molecular weight excluding hydrogens is 461 g/mol. The topological polar surface area (TPSA) is 88.1 Å². The van der Waals surface area contributed by atoms with Gasteiger partial charge in [-0.05, 0) is 87.4 Å². The van der Waals surface area contributed by atoms with Crippen LogP contribution in [0.1, 0.15) is 25.7 Å². The van der Waals surface area contributed by atoms with Gasteiger partial charge in [0.15, 0.2) is 9.84 Å². The van der Waals surface area contributed by atoms with E-state index in [1.54, 1.807) is 0 Å². The molecule has 3 rings (SSSR count). The average Bonchev–Trinajstić information content (AvgIpc) is 2.78. The Morgan fingerprint density at radius 3 is 2.03 bits per heavy atom. The largest absolute Gasteiger partial charge is 0.573 e. The van der Waals surface area contributed by atoms with Crippen molar-refractivity contribution in [3.05, 3.63) is 48.5 Å². The van der Waals surface area contributed by atoms with Crippen molar-refractivity contribution in [2.24, 2.45) is 0 Å². The Morgan fingerprint density at radius 1 is 0.939 bits per heavy atom. The monoisotopic (exact) mass is 488 g/mol. The van der Waals surface area contributed by atoms with Crippen LogP contribution in [-0.2, 0) is 9.84 Å². The lowest BCUT2D eigenvalue weighted by Crippen LogP contribution is -2.39. The number of likely N-dealkylation sites (tertiary alicyclic amines) is 1. The Bertz CT molecular complexity index is 977. The number of rotatable bonds is 10. The van der Waals surface area contributed by atoms with Gasteiger partial charge < -0.3 is 19.6 Å². The molecule has 0 aromatic heterocycles. The second-order valence-corrected chi connectivity index (χ2v) is 9.93. The fraction of sp³-hybridized carbons (Fsp3) is 0.455. The Hall–Kier alpha value is -2.34. The minimum atomic E-state index is -4.78. The number of ether oxygens (including phenoxy) is 2. The molecule has 1 aliphatic heterocycles. The number of hydroxylamine groups is 1. The van der Waals surface area contributed by atoms with Gasteiger partial charge in [0.05, 0.1) is 10.6 Å². The fourth-order valence-electron chi connectivity index (χ4n) is 3.63. The first-order chi connectivity index (χ1) is 15.6. The van der Waals surface area contributed by atoms with Gasteiger partial charge in [0.1, 0.15) is 17.2 Å². The van der Waals surface area contributed by atoms with Crippen LogP contribution in [0.4, 0.5) is 13.2 Å². The lowest BCUT2D eigenvalue weighted by molar-refractivity contribution is -0.274. The molecule has 1 aliphatic rings. The second kappa shape index (κ2) is 11.2. The van der Waals surface area contributed by atoms with Crippen molar-refractivity contribution in [1.29, 1.82) is 0 Å². The van der Waals surface area contributed by atoms with E-state index in [2.05, 4.69) is 15.1 Å². The summed E-state index contributed by atoms with van der Waals surface area (Å²) in [6.45, 7) is 2.70. The van der Waals surface area contributed by atoms with Crippen LogP contribution in [-0.4, -0.2) is 56.3 Å². The number of benzene rings is 2. The number of sulfone groups is 1. The molecule has 1 atom stereocenters. The SMILES string of the molecule is O=S(=O)(CC(CCN1CCCCC1)NO)c1ccc(Oc2ccc(OC(F)(F)F)cc2)cc1. The maximum Gasteiger partial charge on any atom is 0.573 e. The van der Waals surface area contributed by atoms with E-state index >= 15 is 0 Å². The second-order valence-electron chi connectivity index (χ2n) is 7.89. The van der Waals surface area contributed by atoms with Crippen molar-refractivity contribution in [2.45, 2.75) is 43.0 Å². The number of alkyl halides is 3. The molecule has 1 saturated heterocycles. The van der Waals surface area contributed by atoms with Gasteiger partial charge in [0.25, 0.3) is 0 Å². The highest BCUT2D eigenvalue weighted by Crippen LogP contribution is 2.28. The van der Waals surface area contributed by atoms with Crippen molar-refractivity contribution in [3.8, 4) is 17.2 Å². The summed E-state index contributed by atoms with van der Waals surface area (Å²) in [7, 11) is -3.66. The van der Waals surface area contributed by atoms with Crippen LogP contribution in [0, 0.1) is 0 Å². The standard InChI is InChI=1S/C22H27F3N2O5S/c23-22(24,25)32-20-6-4-18(5-7-20)31-19-8-10-21(11-9-19)33(29,30)16-17(26-28)12-15-27-13-2-1-3-14-27/h4-11,17,26,28H,1-3,12-16H2. The molecule has 182 valence electrons. The molecule has 7 nitrogen and oxygen atoms in total. The highest BCUT2D eigenvalue weighted by molar-refractivity contribution is 7.91. The van der Waals surface area contributed by atoms with Crippen molar-refractivity contribution in [2.75, 3.05) is 25.4 Å². The molecule has 11 heteroatoms. The van der Waals surface area contributed by atoms with E-state index in [1.807, 2.05) is 0 Å². The normalized spacial score (nSPS) is 16.4. The summed E-state index contributed by atoms with van der Waals surface area (Å²) in [6, 6.07) is 9.98. The molecule has 0 spiro atoms. The highest BCUT2D eigenvalue weighted by atomic mass is 32.2. The van der Waals surface area contributed by atoms with E-state index in [-0.39, 0.29) is 22.1 Å². The van der Waals surface area contributed by atoms with E-state index < -0.39 is 22.2 Å². The van der Waals surface area contributed by atoms with Gasteiger partial charge in [0.2, 0.25) is 0 Å². The molecule has 0 radical (unpaired) electrons. The Balaban J connectivity index is 1.56. The van der Waals surface area contributed by atoms with Crippen molar-refractivity contribution >= 4 is 9.84 Å². The van der Waals surface area contributed by atoms with Gasteiger partial charge >= 0.3 is 6.36 Å². The van der Waals surface area contributed by atoms with E-state index in [0.29, 0.717) is 18.7 Å². The molecule has 2 aromatic carbocycles. The molecule has 2 aromatic rings. The Labute approximate surface area is 191 Å². The lowest BCUT2D eigenvalue weighted by Gasteiger charge is -2.27. The van der Waals surface area contributed by atoms with Gasteiger partial charge in [-0.3, -0.25) is 0 Å². The highest BCUT2D eigenvalue weighted by Gasteiger charge is 2.31. The summed E-state index contributed by atoms with van der Waals surface area (Å²) in [5.74, 6) is -0.0375. The van der Waals surface area contributed by atoms with Gasteiger partial charge in [0, 0.05) is 6.04 Å². The minimum absolute atomic E-state index is 0.0852. The molecule has 0 aliphatic carbocycles. The predicted octanol–water partition coefficient (Wildman–Crippen LogP) is 4.37. The molecule has 1 heterocycles. The van der Waals surface area contributed by atoms with Gasteiger partial charge in [-0.1, -0.05) is 6.42 Å². The molecule has 33 heavy (non-hydrogen) atoms. The van der Waals surface area contributed by atoms with E-state index in [1.165, 1.54) is 42.8 Å². The zero-order chi connectivity index (χ0) is 23.9. The third-order valence-electron chi connectivity index (χ3n) is 5.32. The molecule has 1 unspecified atom stereocenters. The number of hydrogen-bond donors (Lipinski definition) is 2. The Kier molecular flexibility index (Phi) is 8.57. The molecule has 1 fully saturated rings. The molecule has 0 amide bonds. The van der Waals surface area contributed by atoms with E-state index in [0.717, 1.165) is 38.1 Å². The van der Waals surface area contributed by atoms with Crippen LogP contribution in [0.3, 0.4) is 0 Å². The number of piperidine rings is 1. The fourth-order valence-corrected chi connectivity index (χ4v) is 5.14. The summed E-state index contributed by atoms with van der Waals surface area (Å²) in [5, 5.41) is 9.43. The summed E-state index contributed by atoms with van der Waals surface area (Å²) < 4.78 is 71.6. The predicted molar refractivity (Wildman–Crippen MR) is 115 cm³/mol. The summed E-state index contributed by atoms with van der Waals surface area (Å²) in [6.07, 6.45) is -0.790. The summed E-state index contributed by atoms with van der Waals surface area (Å²) in [5.41, 5.74) is 2.12. The van der Waals surface area contributed by atoms with Gasteiger partial charge in [-0.25, -0.2) is 13.9 Å². The lowest BCUT2D eigenvalue weighted by atomic mass is 10.1. The number of hydrogen-bond acceptors (Lipinski definition) is 7. The first kappa shape index (κ1) is 25.3. The molecule has 0 bridgehead atoms. The number of halogens is 3. The number of nitrogens with one attached hydrogen (secondary N) is 1.